The summed E-state index contributed by atoms with van der Waals surface area (Å²) in [5.74, 6) is 1.93. The molecule has 0 heterocycles. The van der Waals surface area contributed by atoms with Gasteiger partial charge in [-0.3, -0.25) is 0 Å². The van der Waals surface area contributed by atoms with E-state index in [0.717, 1.165) is 17.9 Å². The van der Waals surface area contributed by atoms with Gasteiger partial charge >= 0.3 is 0 Å². The maximum absolute atomic E-state index is 3.70. The van der Waals surface area contributed by atoms with Crippen LogP contribution in [-0.4, -0.2) is 12.6 Å². The highest BCUT2D eigenvalue weighted by molar-refractivity contribution is 4.80. The lowest BCUT2D eigenvalue weighted by Crippen LogP contribution is -2.30. The Morgan fingerprint density at radius 2 is 1.93 bits per heavy atom. The van der Waals surface area contributed by atoms with E-state index in [1.165, 1.54) is 45.1 Å². The molecule has 1 saturated carbocycles. The third-order valence-electron chi connectivity index (χ3n) is 3.09. The van der Waals surface area contributed by atoms with Crippen molar-refractivity contribution in [3.05, 3.63) is 0 Å². The van der Waals surface area contributed by atoms with Crippen molar-refractivity contribution in [3.63, 3.8) is 0 Å². The minimum absolute atomic E-state index is 0.810. The second kappa shape index (κ2) is 6.44. The van der Waals surface area contributed by atoms with E-state index in [1.807, 2.05) is 0 Å². The quantitative estimate of drug-likeness (QED) is 0.627. The highest BCUT2D eigenvalue weighted by Gasteiger charge is 2.24. The van der Waals surface area contributed by atoms with Crippen molar-refractivity contribution in [3.8, 4) is 0 Å². The average molecular weight is 197 g/mol. The zero-order valence-electron chi connectivity index (χ0n) is 10.2. The average Bonchev–Trinajstić information content (AvgIpc) is 2.93. The van der Waals surface area contributed by atoms with E-state index < -0.39 is 0 Å². The minimum atomic E-state index is 0.810. The molecule has 0 bridgehead atoms. The molecule has 14 heavy (non-hydrogen) atoms. The van der Waals surface area contributed by atoms with Gasteiger partial charge < -0.3 is 5.32 Å². The summed E-state index contributed by atoms with van der Waals surface area (Å²) in [4.78, 5) is 0. The fourth-order valence-electron chi connectivity index (χ4n) is 1.94. The van der Waals surface area contributed by atoms with Crippen LogP contribution in [0.4, 0.5) is 0 Å². The van der Waals surface area contributed by atoms with E-state index in [4.69, 9.17) is 0 Å². The first kappa shape index (κ1) is 12.0. The Hall–Kier alpha value is -0.0400. The molecule has 0 aliphatic heterocycles. The summed E-state index contributed by atoms with van der Waals surface area (Å²) in [6, 6.07) is 0.810. The molecule has 1 unspecified atom stereocenters. The molecular formula is C13H27N. The maximum Gasteiger partial charge on any atom is 0.00697 e. The normalized spacial score (nSPS) is 18.9. The van der Waals surface area contributed by atoms with Crippen LogP contribution in [0.15, 0.2) is 0 Å². The largest absolute Gasteiger partial charge is 0.314 e. The second-order valence-electron chi connectivity index (χ2n) is 5.30. The van der Waals surface area contributed by atoms with Crippen molar-refractivity contribution >= 4 is 0 Å². The molecule has 1 atom stereocenters. The van der Waals surface area contributed by atoms with Crippen LogP contribution in [-0.2, 0) is 0 Å². The molecule has 1 aliphatic carbocycles. The smallest absolute Gasteiger partial charge is 0.00697 e. The van der Waals surface area contributed by atoms with E-state index in [0.29, 0.717) is 0 Å². The van der Waals surface area contributed by atoms with Crippen LogP contribution in [0.3, 0.4) is 0 Å². The molecular weight excluding hydrogens is 170 g/mol. The fraction of sp³-hybridized carbons (Fsp3) is 1.00. The van der Waals surface area contributed by atoms with Gasteiger partial charge in [-0.05, 0) is 44.1 Å². The monoisotopic (exact) mass is 197 g/mol. The van der Waals surface area contributed by atoms with Gasteiger partial charge in [0.15, 0.2) is 0 Å². The molecule has 0 aromatic rings. The Morgan fingerprint density at radius 1 is 1.21 bits per heavy atom. The molecule has 0 spiro atoms. The lowest BCUT2D eigenvalue weighted by atomic mass is 9.99. The van der Waals surface area contributed by atoms with Crippen molar-refractivity contribution in [1.29, 1.82) is 0 Å². The van der Waals surface area contributed by atoms with Crippen molar-refractivity contribution in [2.45, 2.75) is 65.3 Å². The van der Waals surface area contributed by atoms with Crippen LogP contribution in [0, 0.1) is 11.8 Å². The standard InChI is InChI=1S/C13H27N/c1-4-9-14-13(8-5-11(2)3)10-12-6-7-12/h11-14H,4-10H2,1-3H3. The van der Waals surface area contributed by atoms with Gasteiger partial charge in [0.05, 0.1) is 0 Å². The predicted octanol–water partition coefficient (Wildman–Crippen LogP) is 3.59. The highest BCUT2D eigenvalue weighted by atomic mass is 14.9. The zero-order chi connectivity index (χ0) is 10.4. The van der Waals surface area contributed by atoms with Crippen molar-refractivity contribution < 1.29 is 0 Å². The van der Waals surface area contributed by atoms with Gasteiger partial charge in [0.2, 0.25) is 0 Å². The molecule has 0 saturated heterocycles. The molecule has 1 nitrogen and oxygen atoms in total. The van der Waals surface area contributed by atoms with Crippen LogP contribution in [0.5, 0.6) is 0 Å². The molecule has 1 fully saturated rings. The molecule has 0 aromatic heterocycles. The van der Waals surface area contributed by atoms with Crippen LogP contribution >= 0.6 is 0 Å². The first-order valence-electron chi connectivity index (χ1n) is 6.45. The highest BCUT2D eigenvalue weighted by Crippen LogP contribution is 2.34. The van der Waals surface area contributed by atoms with Crippen LogP contribution < -0.4 is 5.32 Å². The molecule has 1 rings (SSSR count). The SMILES string of the molecule is CCCNC(CCC(C)C)CC1CC1. The number of nitrogens with one attached hydrogen (secondary N) is 1. The van der Waals surface area contributed by atoms with E-state index in [9.17, 15) is 0 Å². The molecule has 84 valence electrons. The van der Waals surface area contributed by atoms with E-state index in [2.05, 4.69) is 26.1 Å². The maximum atomic E-state index is 3.70. The first-order valence-corrected chi connectivity index (χ1v) is 6.45. The van der Waals surface area contributed by atoms with Gasteiger partial charge in [0, 0.05) is 6.04 Å². The van der Waals surface area contributed by atoms with Gasteiger partial charge in [-0.1, -0.05) is 33.6 Å². The molecule has 1 aliphatic rings. The third kappa shape index (κ3) is 5.64. The lowest BCUT2D eigenvalue weighted by molar-refractivity contribution is 0.396. The van der Waals surface area contributed by atoms with E-state index in [1.54, 1.807) is 0 Å². The van der Waals surface area contributed by atoms with Crippen molar-refractivity contribution in [2.24, 2.45) is 11.8 Å². The van der Waals surface area contributed by atoms with Gasteiger partial charge in [-0.15, -0.1) is 0 Å². The van der Waals surface area contributed by atoms with Crippen LogP contribution in [0.1, 0.15) is 59.3 Å². The summed E-state index contributed by atoms with van der Waals surface area (Å²) in [6.45, 7) is 8.11. The van der Waals surface area contributed by atoms with Crippen molar-refractivity contribution in [2.75, 3.05) is 6.54 Å². The molecule has 1 N–H and O–H groups in total. The summed E-state index contributed by atoms with van der Waals surface area (Å²) >= 11 is 0. The Morgan fingerprint density at radius 3 is 2.43 bits per heavy atom. The summed E-state index contributed by atoms with van der Waals surface area (Å²) in [5.41, 5.74) is 0. The number of hydrogen-bond donors (Lipinski definition) is 1. The van der Waals surface area contributed by atoms with Crippen LogP contribution in [0.2, 0.25) is 0 Å². The second-order valence-corrected chi connectivity index (χ2v) is 5.30. The predicted molar refractivity (Wildman–Crippen MR) is 63.5 cm³/mol. The Kier molecular flexibility index (Phi) is 5.54. The summed E-state index contributed by atoms with van der Waals surface area (Å²) in [6.07, 6.45) is 8.45. The van der Waals surface area contributed by atoms with Crippen molar-refractivity contribution in [1.82, 2.24) is 5.32 Å². The first-order chi connectivity index (χ1) is 6.72. The van der Waals surface area contributed by atoms with Gasteiger partial charge in [0.1, 0.15) is 0 Å². The Labute approximate surface area is 89.7 Å². The lowest BCUT2D eigenvalue weighted by Gasteiger charge is -2.19. The number of hydrogen-bond acceptors (Lipinski definition) is 1. The Bertz CT molecular complexity index is 138. The third-order valence-corrected chi connectivity index (χ3v) is 3.09. The van der Waals surface area contributed by atoms with E-state index >= 15 is 0 Å². The van der Waals surface area contributed by atoms with Gasteiger partial charge in [-0.25, -0.2) is 0 Å². The summed E-state index contributed by atoms with van der Waals surface area (Å²) in [7, 11) is 0. The molecule has 1 heteroatoms. The molecule has 0 amide bonds. The molecule has 0 aromatic carbocycles. The fourth-order valence-corrected chi connectivity index (χ4v) is 1.94. The molecule has 0 radical (unpaired) electrons. The summed E-state index contributed by atoms with van der Waals surface area (Å²) in [5, 5.41) is 3.70. The zero-order valence-corrected chi connectivity index (χ0v) is 10.2. The topological polar surface area (TPSA) is 12.0 Å². The minimum Gasteiger partial charge on any atom is -0.314 e. The van der Waals surface area contributed by atoms with Crippen LogP contribution in [0.25, 0.3) is 0 Å². The van der Waals surface area contributed by atoms with Gasteiger partial charge in [0.25, 0.3) is 0 Å². The summed E-state index contributed by atoms with van der Waals surface area (Å²) < 4.78 is 0. The van der Waals surface area contributed by atoms with E-state index in [-0.39, 0.29) is 0 Å². The number of rotatable bonds is 8. The van der Waals surface area contributed by atoms with Gasteiger partial charge in [-0.2, -0.15) is 0 Å². The Balaban J connectivity index is 2.13.